The van der Waals surface area contributed by atoms with E-state index in [2.05, 4.69) is 43.5 Å². The number of imidazole rings is 2. The third-order valence-electron chi connectivity index (χ3n) is 5.02. The first kappa shape index (κ1) is 15.9. The lowest BCUT2D eigenvalue weighted by atomic mass is 9.94. The SMILES string of the molecule is COc1ccc([C@@H]2c3nc[nH]c3CCN2Cc2nccn2C)cc1C. The molecule has 1 aliphatic heterocycles. The summed E-state index contributed by atoms with van der Waals surface area (Å²) in [6.07, 6.45) is 6.63. The number of fused-ring (bicyclic) bond motifs is 1. The fourth-order valence-corrected chi connectivity index (χ4v) is 3.67. The van der Waals surface area contributed by atoms with Crippen LogP contribution in [0.25, 0.3) is 0 Å². The van der Waals surface area contributed by atoms with E-state index in [1.165, 1.54) is 11.3 Å². The van der Waals surface area contributed by atoms with Crippen molar-refractivity contribution in [3.63, 3.8) is 0 Å². The quantitative estimate of drug-likeness (QED) is 0.795. The maximum atomic E-state index is 5.42. The predicted octanol–water partition coefficient (Wildman–Crippen LogP) is 2.61. The van der Waals surface area contributed by atoms with Crippen LogP contribution in [0.1, 0.15) is 34.4 Å². The molecule has 0 saturated carbocycles. The van der Waals surface area contributed by atoms with Crippen molar-refractivity contribution in [2.75, 3.05) is 13.7 Å². The fraction of sp³-hybridized carbons (Fsp3) is 0.368. The van der Waals surface area contributed by atoms with Gasteiger partial charge in [0.15, 0.2) is 0 Å². The summed E-state index contributed by atoms with van der Waals surface area (Å²) in [5.41, 5.74) is 4.72. The minimum absolute atomic E-state index is 0.122. The van der Waals surface area contributed by atoms with Crippen molar-refractivity contribution in [1.29, 1.82) is 0 Å². The zero-order valence-electron chi connectivity index (χ0n) is 14.9. The van der Waals surface area contributed by atoms with Gasteiger partial charge in [-0.3, -0.25) is 4.90 Å². The number of aryl methyl sites for hydroxylation is 2. The molecule has 2 aromatic heterocycles. The molecule has 3 aromatic rings. The molecular weight excluding hydrogens is 314 g/mol. The van der Waals surface area contributed by atoms with Gasteiger partial charge >= 0.3 is 0 Å². The Morgan fingerprint density at radius 3 is 2.92 bits per heavy atom. The number of methoxy groups -OCH3 is 1. The zero-order valence-corrected chi connectivity index (χ0v) is 14.9. The van der Waals surface area contributed by atoms with Gasteiger partial charge in [-0.05, 0) is 24.1 Å². The van der Waals surface area contributed by atoms with Gasteiger partial charge in [-0.25, -0.2) is 9.97 Å². The molecule has 0 amide bonds. The standard InChI is InChI=1S/C19H23N5O/c1-13-10-14(4-5-16(13)25-3)19-18-15(21-12-22-18)6-8-24(19)11-17-20-7-9-23(17)2/h4-5,7,9-10,12,19H,6,8,11H2,1-3H3,(H,21,22)/t19-/m1/s1. The molecule has 0 spiro atoms. The normalized spacial score (nSPS) is 17.5. The zero-order chi connectivity index (χ0) is 17.4. The first-order chi connectivity index (χ1) is 12.2. The number of aromatic amines is 1. The summed E-state index contributed by atoms with van der Waals surface area (Å²) < 4.78 is 7.50. The predicted molar refractivity (Wildman–Crippen MR) is 95.5 cm³/mol. The molecule has 4 rings (SSSR count). The third kappa shape index (κ3) is 2.82. The van der Waals surface area contributed by atoms with Crippen LogP contribution in [0.4, 0.5) is 0 Å². The van der Waals surface area contributed by atoms with E-state index in [-0.39, 0.29) is 6.04 Å². The molecular formula is C19H23N5O. The first-order valence-electron chi connectivity index (χ1n) is 8.54. The topological polar surface area (TPSA) is 59.0 Å². The number of ether oxygens (including phenoxy) is 1. The Hall–Kier alpha value is -2.60. The van der Waals surface area contributed by atoms with Crippen LogP contribution < -0.4 is 4.74 Å². The van der Waals surface area contributed by atoms with Gasteiger partial charge in [0.2, 0.25) is 0 Å². The molecule has 0 unspecified atom stereocenters. The van der Waals surface area contributed by atoms with Gasteiger partial charge in [0, 0.05) is 38.1 Å². The lowest BCUT2D eigenvalue weighted by molar-refractivity contribution is 0.193. The summed E-state index contributed by atoms with van der Waals surface area (Å²) in [5.74, 6) is 1.98. The number of benzene rings is 1. The Bertz CT molecular complexity index is 882. The number of hydrogen-bond acceptors (Lipinski definition) is 4. The number of nitrogens with one attached hydrogen (secondary N) is 1. The summed E-state index contributed by atoms with van der Waals surface area (Å²) >= 11 is 0. The van der Waals surface area contributed by atoms with Gasteiger partial charge < -0.3 is 14.3 Å². The lowest BCUT2D eigenvalue weighted by Crippen LogP contribution is -2.36. The molecule has 0 saturated heterocycles. The third-order valence-corrected chi connectivity index (χ3v) is 5.02. The van der Waals surface area contributed by atoms with Crippen LogP contribution in [-0.2, 0) is 20.0 Å². The summed E-state index contributed by atoms with van der Waals surface area (Å²) in [6, 6.07) is 6.52. The van der Waals surface area contributed by atoms with E-state index in [0.29, 0.717) is 0 Å². The molecule has 25 heavy (non-hydrogen) atoms. The van der Waals surface area contributed by atoms with Crippen molar-refractivity contribution in [2.45, 2.75) is 25.9 Å². The van der Waals surface area contributed by atoms with Gasteiger partial charge in [-0.15, -0.1) is 0 Å². The Morgan fingerprint density at radius 1 is 1.32 bits per heavy atom. The second-order valence-electron chi connectivity index (χ2n) is 6.57. The molecule has 3 heterocycles. The van der Waals surface area contributed by atoms with Gasteiger partial charge in [0.1, 0.15) is 11.6 Å². The molecule has 1 atom stereocenters. The number of H-pyrrole nitrogens is 1. The summed E-state index contributed by atoms with van der Waals surface area (Å²) in [7, 11) is 3.75. The smallest absolute Gasteiger partial charge is 0.122 e. The Morgan fingerprint density at radius 2 is 2.20 bits per heavy atom. The number of hydrogen-bond donors (Lipinski definition) is 1. The van der Waals surface area contributed by atoms with Crippen molar-refractivity contribution >= 4 is 0 Å². The molecule has 1 N–H and O–H groups in total. The molecule has 0 radical (unpaired) electrons. The van der Waals surface area contributed by atoms with Crippen molar-refractivity contribution < 1.29 is 4.74 Å². The van der Waals surface area contributed by atoms with E-state index < -0.39 is 0 Å². The molecule has 0 aliphatic carbocycles. The maximum Gasteiger partial charge on any atom is 0.122 e. The van der Waals surface area contributed by atoms with E-state index in [4.69, 9.17) is 4.74 Å². The highest BCUT2D eigenvalue weighted by Gasteiger charge is 2.31. The van der Waals surface area contributed by atoms with Crippen molar-refractivity contribution in [3.05, 3.63) is 65.3 Å². The second-order valence-corrected chi connectivity index (χ2v) is 6.57. The van der Waals surface area contributed by atoms with Crippen LogP contribution in [0.5, 0.6) is 5.75 Å². The molecule has 130 valence electrons. The van der Waals surface area contributed by atoms with E-state index in [1.807, 2.05) is 25.5 Å². The van der Waals surface area contributed by atoms with E-state index in [0.717, 1.165) is 42.3 Å². The fourth-order valence-electron chi connectivity index (χ4n) is 3.67. The van der Waals surface area contributed by atoms with Gasteiger partial charge in [-0.2, -0.15) is 0 Å². The molecule has 0 fully saturated rings. The average Bonchev–Trinajstić information content (AvgIpc) is 3.24. The van der Waals surface area contributed by atoms with Crippen molar-refractivity contribution in [3.8, 4) is 5.75 Å². The first-order valence-corrected chi connectivity index (χ1v) is 8.54. The highest BCUT2D eigenvalue weighted by atomic mass is 16.5. The van der Waals surface area contributed by atoms with Crippen LogP contribution in [0.2, 0.25) is 0 Å². The van der Waals surface area contributed by atoms with E-state index in [1.54, 1.807) is 13.4 Å². The van der Waals surface area contributed by atoms with Crippen molar-refractivity contribution in [1.82, 2.24) is 24.4 Å². The average molecular weight is 337 g/mol. The monoisotopic (exact) mass is 337 g/mol. The Labute approximate surface area is 147 Å². The van der Waals surface area contributed by atoms with Crippen LogP contribution >= 0.6 is 0 Å². The van der Waals surface area contributed by atoms with Crippen LogP contribution in [0.3, 0.4) is 0 Å². The van der Waals surface area contributed by atoms with Gasteiger partial charge in [-0.1, -0.05) is 12.1 Å². The Balaban J connectivity index is 1.74. The summed E-state index contributed by atoms with van der Waals surface area (Å²) in [5, 5.41) is 0. The molecule has 1 aliphatic rings. The highest BCUT2D eigenvalue weighted by molar-refractivity contribution is 5.41. The van der Waals surface area contributed by atoms with E-state index in [9.17, 15) is 0 Å². The van der Waals surface area contributed by atoms with E-state index >= 15 is 0 Å². The number of nitrogens with zero attached hydrogens (tertiary/aromatic N) is 4. The van der Waals surface area contributed by atoms with Crippen LogP contribution in [0.15, 0.2) is 36.9 Å². The molecule has 0 bridgehead atoms. The molecule has 6 nitrogen and oxygen atoms in total. The van der Waals surface area contributed by atoms with Gasteiger partial charge in [0.25, 0.3) is 0 Å². The minimum atomic E-state index is 0.122. The molecule has 6 heteroatoms. The van der Waals surface area contributed by atoms with Crippen LogP contribution in [0, 0.1) is 6.92 Å². The highest BCUT2D eigenvalue weighted by Crippen LogP contribution is 2.35. The minimum Gasteiger partial charge on any atom is -0.496 e. The maximum absolute atomic E-state index is 5.42. The van der Waals surface area contributed by atoms with Crippen LogP contribution in [-0.4, -0.2) is 38.1 Å². The summed E-state index contributed by atoms with van der Waals surface area (Å²) in [4.78, 5) is 14.9. The number of aromatic nitrogens is 4. The Kier molecular flexibility index (Phi) is 4.05. The lowest BCUT2D eigenvalue weighted by Gasteiger charge is -2.35. The number of rotatable bonds is 4. The second kappa shape index (κ2) is 6.37. The largest absolute Gasteiger partial charge is 0.496 e. The molecule has 1 aromatic carbocycles. The van der Waals surface area contributed by atoms with Gasteiger partial charge in [0.05, 0.1) is 31.7 Å². The summed E-state index contributed by atoms with van der Waals surface area (Å²) in [6.45, 7) is 3.85. The van der Waals surface area contributed by atoms with Crippen molar-refractivity contribution in [2.24, 2.45) is 7.05 Å².